The first-order chi connectivity index (χ1) is 10.6. The Morgan fingerprint density at radius 3 is 2.68 bits per heavy atom. The molecule has 0 bridgehead atoms. The van der Waals surface area contributed by atoms with Crippen LogP contribution >= 0.6 is 0 Å². The topological polar surface area (TPSA) is 108 Å². The minimum Gasteiger partial charge on any atom is -0.339 e. The molecule has 0 atom stereocenters. The average Bonchev–Trinajstić information content (AvgIpc) is 3.19. The number of imidazole rings is 1. The second-order valence-corrected chi connectivity index (χ2v) is 6.96. The monoisotopic (exact) mass is 326 g/mol. The number of H-pyrrole nitrogens is 1. The van der Waals surface area contributed by atoms with Crippen LogP contribution in [-0.2, 0) is 23.0 Å². The molecule has 2 aromatic rings. The van der Waals surface area contributed by atoms with Crippen LogP contribution in [0.3, 0.4) is 0 Å². The summed E-state index contributed by atoms with van der Waals surface area (Å²) >= 11 is 0. The van der Waals surface area contributed by atoms with E-state index in [0.717, 1.165) is 0 Å². The van der Waals surface area contributed by atoms with Crippen molar-refractivity contribution in [2.24, 2.45) is 0 Å². The van der Waals surface area contributed by atoms with Gasteiger partial charge >= 0.3 is 0 Å². The molecular formula is C12H18N6O3S. The number of rotatable bonds is 5. The van der Waals surface area contributed by atoms with Crippen molar-refractivity contribution in [1.29, 1.82) is 0 Å². The molecule has 0 saturated carbocycles. The predicted molar refractivity (Wildman–Crippen MR) is 76.3 cm³/mol. The van der Waals surface area contributed by atoms with Crippen LogP contribution in [0.1, 0.15) is 18.6 Å². The van der Waals surface area contributed by atoms with E-state index in [0.29, 0.717) is 50.9 Å². The number of sulfonamides is 1. The quantitative estimate of drug-likeness (QED) is 0.814. The molecule has 1 saturated heterocycles. The fraction of sp³-hybridized carbons (Fsp3) is 0.583. The molecule has 0 unspecified atom stereocenters. The Labute approximate surface area is 128 Å². The molecule has 2 aromatic heterocycles. The Morgan fingerprint density at radius 1 is 1.32 bits per heavy atom. The maximum absolute atomic E-state index is 12.4. The van der Waals surface area contributed by atoms with Crippen molar-refractivity contribution >= 4 is 10.0 Å². The molecule has 0 aliphatic carbocycles. The molecule has 1 N–H and O–H groups in total. The Bertz CT molecular complexity index is 703. The molecule has 10 heteroatoms. The highest BCUT2D eigenvalue weighted by Gasteiger charge is 2.29. The fourth-order valence-corrected chi connectivity index (χ4v) is 3.67. The van der Waals surface area contributed by atoms with Crippen molar-refractivity contribution in [3.63, 3.8) is 0 Å². The van der Waals surface area contributed by atoms with Gasteiger partial charge in [-0.1, -0.05) is 12.1 Å². The SMILES string of the molecule is CCc1nc(CN2CCN(S(=O)(=O)c3cnc[nH]3)CC2)no1. The molecule has 120 valence electrons. The molecule has 3 heterocycles. The molecule has 0 amide bonds. The third-order valence-corrected chi connectivity index (χ3v) is 5.42. The zero-order valence-electron chi connectivity index (χ0n) is 12.3. The van der Waals surface area contributed by atoms with Crippen LogP contribution in [0.4, 0.5) is 0 Å². The third-order valence-electron chi connectivity index (χ3n) is 3.60. The molecular weight excluding hydrogens is 308 g/mol. The van der Waals surface area contributed by atoms with Gasteiger partial charge in [0.25, 0.3) is 10.0 Å². The largest absolute Gasteiger partial charge is 0.339 e. The highest BCUT2D eigenvalue weighted by atomic mass is 32.2. The van der Waals surface area contributed by atoms with E-state index in [-0.39, 0.29) is 5.03 Å². The molecule has 22 heavy (non-hydrogen) atoms. The molecule has 0 aromatic carbocycles. The van der Waals surface area contributed by atoms with Gasteiger partial charge in [-0.25, -0.2) is 13.4 Å². The predicted octanol–water partition coefficient (Wildman–Crippen LogP) is -0.138. The molecule has 9 nitrogen and oxygen atoms in total. The number of hydrogen-bond acceptors (Lipinski definition) is 7. The number of nitrogens with zero attached hydrogens (tertiary/aromatic N) is 5. The Hall–Kier alpha value is -1.78. The van der Waals surface area contributed by atoms with Crippen LogP contribution in [-0.4, -0.2) is 63.9 Å². The minimum absolute atomic E-state index is 0.131. The Kier molecular flexibility index (Phi) is 4.23. The molecule has 1 fully saturated rings. The third kappa shape index (κ3) is 3.03. The second-order valence-electron chi connectivity index (χ2n) is 5.05. The van der Waals surface area contributed by atoms with Gasteiger partial charge in [0.2, 0.25) is 5.89 Å². The van der Waals surface area contributed by atoms with E-state index in [2.05, 4.69) is 25.0 Å². The zero-order chi connectivity index (χ0) is 15.6. The number of piperazine rings is 1. The van der Waals surface area contributed by atoms with Gasteiger partial charge in [0.15, 0.2) is 10.9 Å². The highest BCUT2D eigenvalue weighted by Crippen LogP contribution is 2.15. The Morgan fingerprint density at radius 2 is 2.09 bits per heavy atom. The van der Waals surface area contributed by atoms with Crippen LogP contribution in [0.5, 0.6) is 0 Å². The van der Waals surface area contributed by atoms with E-state index in [4.69, 9.17) is 4.52 Å². The first-order valence-corrected chi connectivity index (χ1v) is 8.56. The first-order valence-electron chi connectivity index (χ1n) is 7.12. The van der Waals surface area contributed by atoms with Gasteiger partial charge in [-0.2, -0.15) is 9.29 Å². The standard InChI is InChI=1S/C12H18N6O3S/c1-2-11-15-10(16-21-11)8-17-3-5-18(6-4-17)22(19,20)12-7-13-9-14-12/h7,9H,2-6,8H2,1H3,(H,13,14). The maximum atomic E-state index is 12.4. The summed E-state index contributed by atoms with van der Waals surface area (Å²) in [5.74, 6) is 1.26. The van der Waals surface area contributed by atoms with E-state index in [1.54, 1.807) is 0 Å². The minimum atomic E-state index is -3.48. The summed E-state index contributed by atoms with van der Waals surface area (Å²) in [6.45, 7) is 4.64. The van der Waals surface area contributed by atoms with E-state index >= 15 is 0 Å². The summed E-state index contributed by atoms with van der Waals surface area (Å²) in [7, 11) is -3.48. The number of aromatic amines is 1. The van der Waals surface area contributed by atoms with Crippen LogP contribution in [0.25, 0.3) is 0 Å². The number of aromatic nitrogens is 4. The lowest BCUT2D eigenvalue weighted by molar-refractivity contribution is 0.176. The summed E-state index contributed by atoms with van der Waals surface area (Å²) in [5, 5.41) is 4.05. The lowest BCUT2D eigenvalue weighted by Gasteiger charge is -2.32. The van der Waals surface area contributed by atoms with Crippen LogP contribution in [0, 0.1) is 0 Å². The zero-order valence-corrected chi connectivity index (χ0v) is 13.1. The van der Waals surface area contributed by atoms with Crippen molar-refractivity contribution in [2.75, 3.05) is 26.2 Å². The van der Waals surface area contributed by atoms with Gasteiger partial charge in [0.05, 0.1) is 19.1 Å². The molecule has 0 radical (unpaired) electrons. The maximum Gasteiger partial charge on any atom is 0.260 e. The number of nitrogens with one attached hydrogen (secondary N) is 1. The Balaban J connectivity index is 1.58. The van der Waals surface area contributed by atoms with Crippen LogP contribution < -0.4 is 0 Å². The van der Waals surface area contributed by atoms with E-state index in [1.807, 2.05) is 6.92 Å². The lowest BCUT2D eigenvalue weighted by Crippen LogP contribution is -2.48. The molecule has 3 rings (SSSR count). The van der Waals surface area contributed by atoms with Gasteiger partial charge < -0.3 is 9.51 Å². The summed E-state index contributed by atoms with van der Waals surface area (Å²) in [4.78, 5) is 12.8. The number of hydrogen-bond donors (Lipinski definition) is 1. The summed E-state index contributed by atoms with van der Waals surface area (Å²) in [6.07, 6.45) is 3.40. The smallest absolute Gasteiger partial charge is 0.260 e. The van der Waals surface area contributed by atoms with Crippen molar-refractivity contribution in [2.45, 2.75) is 24.9 Å². The van der Waals surface area contributed by atoms with Crippen LogP contribution in [0.15, 0.2) is 22.1 Å². The van der Waals surface area contributed by atoms with Crippen molar-refractivity contribution in [1.82, 2.24) is 29.3 Å². The highest BCUT2D eigenvalue weighted by molar-refractivity contribution is 7.89. The van der Waals surface area contributed by atoms with Gasteiger partial charge in [-0.3, -0.25) is 4.90 Å². The van der Waals surface area contributed by atoms with Crippen LogP contribution in [0.2, 0.25) is 0 Å². The lowest BCUT2D eigenvalue weighted by atomic mass is 10.3. The summed E-state index contributed by atoms with van der Waals surface area (Å²) in [5.41, 5.74) is 0. The van der Waals surface area contributed by atoms with E-state index in [1.165, 1.54) is 16.8 Å². The summed E-state index contributed by atoms with van der Waals surface area (Å²) < 4.78 is 31.2. The average molecular weight is 326 g/mol. The van der Waals surface area contributed by atoms with E-state index < -0.39 is 10.0 Å². The first kappa shape index (κ1) is 15.1. The van der Waals surface area contributed by atoms with Gasteiger partial charge in [0.1, 0.15) is 0 Å². The van der Waals surface area contributed by atoms with Crippen molar-refractivity contribution in [3.05, 3.63) is 24.2 Å². The normalized spacial score (nSPS) is 17.9. The number of aryl methyl sites for hydroxylation is 1. The molecule has 0 spiro atoms. The van der Waals surface area contributed by atoms with Crippen molar-refractivity contribution in [3.8, 4) is 0 Å². The van der Waals surface area contributed by atoms with Gasteiger partial charge in [-0.15, -0.1) is 0 Å². The molecule has 1 aliphatic rings. The van der Waals surface area contributed by atoms with Gasteiger partial charge in [-0.05, 0) is 0 Å². The fourth-order valence-electron chi connectivity index (χ4n) is 2.35. The van der Waals surface area contributed by atoms with Gasteiger partial charge in [0, 0.05) is 32.6 Å². The van der Waals surface area contributed by atoms with E-state index in [9.17, 15) is 8.42 Å². The van der Waals surface area contributed by atoms with Crippen molar-refractivity contribution < 1.29 is 12.9 Å². The second kappa shape index (κ2) is 6.15. The molecule has 1 aliphatic heterocycles. The summed E-state index contributed by atoms with van der Waals surface area (Å²) in [6, 6.07) is 0.